The van der Waals surface area contributed by atoms with Crippen LogP contribution in [0.2, 0.25) is 0 Å². The number of aliphatic hydroxyl groups excluding tert-OH is 1. The van der Waals surface area contributed by atoms with E-state index in [1.807, 2.05) is 72.3 Å². The first-order valence-electron chi connectivity index (χ1n) is 28.2. The fraction of sp³-hybridized carbons (Fsp3) is 0.776. The molecule has 2 saturated heterocycles. The number of amides is 1. The molecule has 1 unspecified atom stereocenters. The van der Waals surface area contributed by atoms with Gasteiger partial charge < -0.3 is 62.0 Å². The quantitative estimate of drug-likeness (QED) is 0.0449. The van der Waals surface area contributed by atoms with E-state index < -0.39 is 91.5 Å². The van der Waals surface area contributed by atoms with Crippen LogP contribution in [0.4, 0.5) is 0 Å². The van der Waals surface area contributed by atoms with Crippen molar-refractivity contribution in [3.05, 3.63) is 47.6 Å². The van der Waals surface area contributed by atoms with Crippen LogP contribution in [0.3, 0.4) is 0 Å². The number of methoxy groups -OCH3 is 3. The van der Waals surface area contributed by atoms with Gasteiger partial charge in [0.25, 0.3) is 19.5 Å². The summed E-state index contributed by atoms with van der Waals surface area (Å²) < 4.78 is 58.8. The van der Waals surface area contributed by atoms with Gasteiger partial charge in [0.05, 0.1) is 58.8 Å². The summed E-state index contributed by atoms with van der Waals surface area (Å²) in [5.74, 6) is -8.43. The highest BCUT2D eigenvalue weighted by atomic mass is 31.2. The van der Waals surface area contributed by atoms with Gasteiger partial charge in [0, 0.05) is 58.5 Å². The summed E-state index contributed by atoms with van der Waals surface area (Å²) in [7, 11) is 5.75. The van der Waals surface area contributed by atoms with Crippen molar-refractivity contribution < 1.29 is 85.6 Å². The lowest BCUT2D eigenvalue weighted by Crippen LogP contribution is -2.61. The van der Waals surface area contributed by atoms with Gasteiger partial charge in [-0.1, -0.05) is 71.1 Å². The summed E-state index contributed by atoms with van der Waals surface area (Å²) >= 11 is 0. The number of esters is 1. The molecule has 0 aromatic carbocycles. The molecule has 3 aliphatic heterocycles. The molecule has 0 aromatic heterocycles. The maximum absolute atomic E-state index is 14.6. The average molecular weight is 1120 g/mol. The van der Waals surface area contributed by atoms with Crippen molar-refractivity contribution in [3.63, 3.8) is 0 Å². The van der Waals surface area contributed by atoms with Crippen molar-refractivity contribution in [2.75, 3.05) is 75.4 Å². The van der Waals surface area contributed by atoms with Gasteiger partial charge in [0.15, 0.2) is 5.78 Å². The van der Waals surface area contributed by atoms with Crippen LogP contribution in [0.25, 0.3) is 0 Å². The van der Waals surface area contributed by atoms with E-state index in [1.54, 1.807) is 48.0 Å². The molecule has 4 rings (SSSR count). The molecule has 1 amide bonds. The third kappa shape index (κ3) is 20.0. The normalized spacial score (nSPS) is 36.7. The van der Waals surface area contributed by atoms with Gasteiger partial charge in [-0.05, 0) is 107 Å². The zero-order valence-corrected chi connectivity index (χ0v) is 49.8. The highest BCUT2D eigenvalue weighted by Crippen LogP contribution is 2.40. The van der Waals surface area contributed by atoms with Crippen molar-refractivity contribution in [2.24, 2.45) is 35.5 Å². The number of Topliss-reactive ketones (excluding diaryl/α,β-unsaturated/α-hetero) is 3. The number of rotatable bonds is 15. The van der Waals surface area contributed by atoms with Crippen LogP contribution in [0, 0.1) is 35.5 Å². The van der Waals surface area contributed by atoms with E-state index in [9.17, 15) is 43.6 Å². The molecule has 0 radical (unpaired) electrons. The first kappa shape index (κ1) is 67.2. The lowest BCUT2D eigenvalue weighted by Gasteiger charge is -2.42. The average Bonchev–Trinajstić information content (AvgIpc) is 3.38. The van der Waals surface area contributed by atoms with E-state index >= 15 is 0 Å². The molecular weight excluding hydrogens is 1030 g/mol. The van der Waals surface area contributed by atoms with Gasteiger partial charge in [0.2, 0.25) is 5.79 Å². The molecule has 20 heteroatoms. The number of hydrogen-bond acceptors (Lipinski definition) is 17. The molecule has 78 heavy (non-hydrogen) atoms. The zero-order chi connectivity index (χ0) is 58.1. The fourth-order valence-electron chi connectivity index (χ4n) is 11.1. The number of ether oxygens (including phenoxy) is 6. The number of cyclic esters (lactones) is 1. The first-order valence-corrected chi connectivity index (χ1v) is 29.6. The number of allylic oxidation sites excluding steroid dienone is 6. The molecule has 19 nitrogen and oxygen atoms in total. The molecule has 444 valence electrons. The largest absolute Gasteiger partial charge is 0.756 e. The van der Waals surface area contributed by atoms with Gasteiger partial charge in [-0.25, -0.2) is 4.79 Å². The number of phosphoric acid groups is 1. The highest BCUT2D eigenvalue weighted by Gasteiger charge is 2.53. The summed E-state index contributed by atoms with van der Waals surface area (Å²) in [4.78, 5) is 85.0. The first-order chi connectivity index (χ1) is 36.6. The fourth-order valence-corrected chi connectivity index (χ4v) is 11.8. The van der Waals surface area contributed by atoms with Crippen LogP contribution in [-0.2, 0) is 66.0 Å². The Morgan fingerprint density at radius 3 is 2.22 bits per heavy atom. The van der Waals surface area contributed by atoms with Crippen molar-refractivity contribution in [1.29, 1.82) is 0 Å². The number of hydrogen-bond donors (Lipinski definition) is 2. The second kappa shape index (κ2) is 31.2. The van der Waals surface area contributed by atoms with Gasteiger partial charge in [-0.15, -0.1) is 0 Å². The SMILES string of the molecule is CO[C@@H]1C[C@@H]2CC[C@@H](C)[C@@](O)(O2)C(=O)C(=O)N2CCCC[C@H]2C(=O)O[C@H]([C@H](C)C[C@@H]2CC[C@@H](OCCOP(=O)([O-])OCC[N+](C)(C)C)[C@H](OC)C2)CC(=O)[C@H](C)/C=C(/C)[C@@H](O)[C@@H](OC)C(=O)[C@H](C)C[C@H](C)\C=C/C=C\C=C/1C. The lowest BCUT2D eigenvalue weighted by molar-refractivity contribution is -0.870. The number of ketones is 3. The van der Waals surface area contributed by atoms with Crippen LogP contribution in [0.5, 0.6) is 0 Å². The van der Waals surface area contributed by atoms with E-state index in [0.29, 0.717) is 80.8 Å². The summed E-state index contributed by atoms with van der Waals surface area (Å²) in [6, 6.07) is -1.19. The Labute approximate surface area is 464 Å². The molecule has 0 spiro atoms. The Hall–Kier alpha value is -3.30. The number of nitrogens with zero attached hydrogens (tertiary/aromatic N) is 2. The third-order valence-electron chi connectivity index (χ3n) is 16.1. The number of likely N-dealkylation sites (N-methyl/N-ethyl adjacent to an activating group) is 1. The number of piperidine rings is 1. The minimum absolute atomic E-state index is 0.00477. The van der Waals surface area contributed by atoms with Crippen molar-refractivity contribution >= 4 is 37.0 Å². The number of carbonyl (C=O) groups excluding carboxylic acids is 5. The van der Waals surface area contributed by atoms with Crippen molar-refractivity contribution in [1.82, 2.24) is 4.90 Å². The summed E-state index contributed by atoms with van der Waals surface area (Å²) in [6.45, 7) is 12.8. The summed E-state index contributed by atoms with van der Waals surface area (Å²) in [5.41, 5.74) is 1.22. The van der Waals surface area contributed by atoms with Gasteiger partial charge in [-0.2, -0.15) is 0 Å². The van der Waals surface area contributed by atoms with Crippen LogP contribution in [0.1, 0.15) is 126 Å². The number of phosphoric ester groups is 1. The Morgan fingerprint density at radius 2 is 1.55 bits per heavy atom. The smallest absolute Gasteiger partial charge is 0.329 e. The molecule has 2 N–H and O–H groups in total. The highest BCUT2D eigenvalue weighted by molar-refractivity contribution is 7.45. The zero-order valence-electron chi connectivity index (χ0n) is 48.9. The van der Waals surface area contributed by atoms with Crippen LogP contribution in [0.15, 0.2) is 47.6 Å². The predicted molar refractivity (Wildman–Crippen MR) is 291 cm³/mol. The Bertz CT molecular complexity index is 2160. The summed E-state index contributed by atoms with van der Waals surface area (Å²) in [6.07, 6.45) is 10.8. The molecule has 1 aliphatic carbocycles. The molecule has 2 bridgehead atoms. The predicted octanol–water partition coefficient (Wildman–Crippen LogP) is 6.41. The van der Waals surface area contributed by atoms with Gasteiger partial charge in [0.1, 0.15) is 43.3 Å². The molecule has 16 atom stereocenters. The Morgan fingerprint density at radius 1 is 0.846 bits per heavy atom. The number of aliphatic hydroxyl groups is 2. The van der Waals surface area contributed by atoms with Crippen molar-refractivity contribution in [2.45, 2.75) is 180 Å². The van der Waals surface area contributed by atoms with Gasteiger partial charge in [-0.3, -0.25) is 23.7 Å². The number of quaternary nitrogens is 1. The maximum atomic E-state index is 14.6. The minimum Gasteiger partial charge on any atom is -0.756 e. The van der Waals surface area contributed by atoms with E-state index in [1.165, 1.54) is 12.0 Å². The molecule has 3 heterocycles. The monoisotopic (exact) mass is 1120 g/mol. The van der Waals surface area contributed by atoms with E-state index in [2.05, 4.69) is 0 Å². The minimum atomic E-state index is -4.53. The maximum Gasteiger partial charge on any atom is 0.329 e. The summed E-state index contributed by atoms with van der Waals surface area (Å²) in [5, 5.41) is 23.6. The lowest BCUT2D eigenvalue weighted by atomic mass is 9.78. The molecule has 3 fully saturated rings. The van der Waals surface area contributed by atoms with E-state index in [-0.39, 0.29) is 74.8 Å². The van der Waals surface area contributed by atoms with Crippen LogP contribution >= 0.6 is 7.82 Å². The Kier molecular flexibility index (Phi) is 26.9. The second-order valence-electron chi connectivity index (χ2n) is 23.6. The van der Waals surface area contributed by atoms with Crippen molar-refractivity contribution in [3.8, 4) is 0 Å². The van der Waals surface area contributed by atoms with Crippen LogP contribution in [-0.4, -0.2) is 179 Å². The van der Waals surface area contributed by atoms with E-state index in [0.717, 1.165) is 5.57 Å². The number of fused-ring (bicyclic) bond motifs is 3. The third-order valence-corrected chi connectivity index (χ3v) is 17.1. The molecule has 1 saturated carbocycles. The topological polar surface area (TPSA) is 243 Å². The number of carbonyl (C=O) groups is 5. The standard InChI is InChI=1S/C58H95N2O17P/c1-37-19-15-14-16-20-38(2)49(70-11)35-45-24-22-43(7)58(67,77-45)55(64)56(65)59-26-18-17-21-46(59)57(66)76-50(36-47(61)39(3)32-42(6)53(63)54(72-13)52(62)41(5)31-37)40(4)33-44-23-25-48(51(34-44)71-12)73-29-30-75-78(68,69)74-28-27-60(8,9)10/h14-16,19-20,32,37,39-41,43-46,48-51,53-54,63,67H,17-18,21-31,33-36H2,1-13H3/b16-14-,19-15-,38-20-,42-32-/t37-,39-,40-,41-,43-,44+,45+,46+,48-,49-,50+,51-,53-,54+,58-/m1/s1. The molecule has 0 aromatic rings. The van der Waals surface area contributed by atoms with Gasteiger partial charge >= 0.3 is 5.97 Å². The second-order valence-corrected chi connectivity index (χ2v) is 25.0. The molecular formula is C58H95N2O17P. The molecule has 4 aliphatic rings. The Balaban J connectivity index is 1.62. The van der Waals surface area contributed by atoms with E-state index in [4.69, 9.17) is 37.5 Å². The van der Waals surface area contributed by atoms with Crippen LogP contribution < -0.4 is 4.89 Å².